The summed E-state index contributed by atoms with van der Waals surface area (Å²) in [7, 11) is 0. The second kappa shape index (κ2) is 6.52. The molecular formula is C15H19N3OS. The Labute approximate surface area is 123 Å². The minimum absolute atomic E-state index is 0.202. The normalized spacial score (nSPS) is 10.3. The highest BCUT2D eigenvalue weighted by molar-refractivity contribution is 7.15. The molecular weight excluding hydrogens is 270 g/mol. The second-order valence-corrected chi connectivity index (χ2v) is 5.98. The Morgan fingerprint density at radius 2 is 2.10 bits per heavy atom. The summed E-state index contributed by atoms with van der Waals surface area (Å²) in [5, 5.41) is 6.25. The topological polar surface area (TPSA) is 54.0 Å². The van der Waals surface area contributed by atoms with E-state index in [1.165, 1.54) is 22.5 Å². The molecule has 1 heterocycles. The first-order valence-electron chi connectivity index (χ1n) is 6.59. The molecule has 0 saturated heterocycles. The van der Waals surface area contributed by atoms with Gasteiger partial charge in [-0.3, -0.25) is 5.32 Å². The predicted octanol–water partition coefficient (Wildman–Crippen LogP) is 3.43. The van der Waals surface area contributed by atoms with Gasteiger partial charge >= 0.3 is 6.03 Å². The van der Waals surface area contributed by atoms with Crippen LogP contribution in [0, 0.1) is 20.8 Å². The number of thiazole rings is 1. The summed E-state index contributed by atoms with van der Waals surface area (Å²) in [6.07, 6.45) is 0.824. The number of benzene rings is 1. The molecule has 5 heteroatoms. The quantitative estimate of drug-likeness (QED) is 0.906. The van der Waals surface area contributed by atoms with Crippen molar-refractivity contribution in [3.8, 4) is 0 Å². The van der Waals surface area contributed by atoms with Crippen LogP contribution in [0.4, 0.5) is 9.93 Å². The molecule has 0 aliphatic rings. The first kappa shape index (κ1) is 14.5. The van der Waals surface area contributed by atoms with Crippen LogP contribution in [0.25, 0.3) is 0 Å². The molecule has 20 heavy (non-hydrogen) atoms. The Morgan fingerprint density at radius 1 is 1.30 bits per heavy atom. The summed E-state index contributed by atoms with van der Waals surface area (Å²) < 4.78 is 0. The molecule has 0 unspecified atom stereocenters. The fraction of sp³-hybridized carbons (Fsp3) is 0.333. The van der Waals surface area contributed by atoms with E-state index in [2.05, 4.69) is 40.7 Å². The average Bonchev–Trinajstić information content (AvgIpc) is 2.68. The van der Waals surface area contributed by atoms with E-state index in [1.54, 1.807) is 0 Å². The van der Waals surface area contributed by atoms with Gasteiger partial charge in [0.1, 0.15) is 0 Å². The van der Waals surface area contributed by atoms with Gasteiger partial charge in [-0.25, -0.2) is 9.78 Å². The van der Waals surface area contributed by atoms with Gasteiger partial charge in [0.05, 0.1) is 5.69 Å². The van der Waals surface area contributed by atoms with Gasteiger partial charge < -0.3 is 5.32 Å². The van der Waals surface area contributed by atoms with Crippen LogP contribution in [0.1, 0.15) is 21.7 Å². The molecule has 2 amide bonds. The van der Waals surface area contributed by atoms with E-state index >= 15 is 0 Å². The molecule has 0 saturated carbocycles. The van der Waals surface area contributed by atoms with Gasteiger partial charge in [-0.2, -0.15) is 0 Å². The number of rotatable bonds is 4. The zero-order chi connectivity index (χ0) is 14.5. The van der Waals surface area contributed by atoms with Crippen molar-refractivity contribution in [1.82, 2.24) is 10.3 Å². The smallest absolute Gasteiger partial charge is 0.321 e. The van der Waals surface area contributed by atoms with E-state index in [-0.39, 0.29) is 6.03 Å². The van der Waals surface area contributed by atoms with Crippen molar-refractivity contribution in [3.05, 3.63) is 46.0 Å². The number of nitrogens with zero attached hydrogens (tertiary/aromatic N) is 1. The van der Waals surface area contributed by atoms with E-state index < -0.39 is 0 Å². The van der Waals surface area contributed by atoms with Crippen LogP contribution in [0.3, 0.4) is 0 Å². The Bertz CT molecular complexity index is 587. The SMILES string of the molecule is Cc1cccc(CCNC(=O)Nc2nc(C)c(C)s2)c1. The summed E-state index contributed by atoms with van der Waals surface area (Å²) in [5.41, 5.74) is 3.43. The van der Waals surface area contributed by atoms with Crippen molar-refractivity contribution in [1.29, 1.82) is 0 Å². The van der Waals surface area contributed by atoms with E-state index in [0.717, 1.165) is 17.0 Å². The highest BCUT2D eigenvalue weighted by Crippen LogP contribution is 2.20. The Kier molecular flexibility index (Phi) is 4.74. The minimum atomic E-state index is -0.202. The Balaban J connectivity index is 1.78. The van der Waals surface area contributed by atoms with E-state index in [9.17, 15) is 4.79 Å². The number of urea groups is 1. The highest BCUT2D eigenvalue weighted by atomic mass is 32.1. The molecule has 0 bridgehead atoms. The molecule has 1 aromatic carbocycles. The molecule has 106 valence electrons. The summed E-state index contributed by atoms with van der Waals surface area (Å²) in [4.78, 5) is 17.1. The van der Waals surface area contributed by atoms with Crippen molar-refractivity contribution in [2.75, 3.05) is 11.9 Å². The van der Waals surface area contributed by atoms with Crippen molar-refractivity contribution < 1.29 is 4.79 Å². The molecule has 0 aliphatic carbocycles. The number of amides is 2. The second-order valence-electron chi connectivity index (χ2n) is 4.78. The zero-order valence-corrected chi connectivity index (χ0v) is 12.8. The molecule has 0 fully saturated rings. The Hall–Kier alpha value is -1.88. The molecule has 4 nitrogen and oxygen atoms in total. The summed E-state index contributed by atoms with van der Waals surface area (Å²) in [6.45, 7) is 6.61. The summed E-state index contributed by atoms with van der Waals surface area (Å²) in [5.74, 6) is 0. The number of anilines is 1. The first-order valence-corrected chi connectivity index (χ1v) is 7.40. The van der Waals surface area contributed by atoms with Crippen LogP contribution in [-0.2, 0) is 6.42 Å². The number of hydrogen-bond acceptors (Lipinski definition) is 3. The van der Waals surface area contributed by atoms with Crippen LogP contribution in [0.2, 0.25) is 0 Å². The molecule has 0 aliphatic heterocycles. The molecule has 2 N–H and O–H groups in total. The fourth-order valence-corrected chi connectivity index (χ4v) is 2.67. The molecule has 0 radical (unpaired) electrons. The maximum absolute atomic E-state index is 11.7. The van der Waals surface area contributed by atoms with Crippen molar-refractivity contribution in [2.24, 2.45) is 0 Å². The number of nitrogens with one attached hydrogen (secondary N) is 2. The third-order valence-electron chi connectivity index (χ3n) is 3.03. The first-order chi connectivity index (χ1) is 9.54. The average molecular weight is 289 g/mol. The monoisotopic (exact) mass is 289 g/mol. The van der Waals surface area contributed by atoms with Crippen molar-refractivity contribution in [2.45, 2.75) is 27.2 Å². The highest BCUT2D eigenvalue weighted by Gasteiger charge is 2.07. The van der Waals surface area contributed by atoms with Crippen LogP contribution >= 0.6 is 11.3 Å². The van der Waals surface area contributed by atoms with E-state index in [4.69, 9.17) is 0 Å². The van der Waals surface area contributed by atoms with Crippen LogP contribution in [0.15, 0.2) is 24.3 Å². The minimum Gasteiger partial charge on any atom is -0.337 e. The Morgan fingerprint density at radius 3 is 2.75 bits per heavy atom. The molecule has 2 rings (SSSR count). The van der Waals surface area contributed by atoms with E-state index in [1.807, 2.05) is 19.9 Å². The molecule has 1 aromatic heterocycles. The van der Waals surface area contributed by atoms with Crippen molar-refractivity contribution in [3.63, 3.8) is 0 Å². The van der Waals surface area contributed by atoms with Crippen LogP contribution < -0.4 is 10.6 Å². The molecule has 0 spiro atoms. The predicted molar refractivity (Wildman–Crippen MR) is 83.5 cm³/mol. The van der Waals surface area contributed by atoms with Gasteiger partial charge in [-0.05, 0) is 32.8 Å². The van der Waals surface area contributed by atoms with Gasteiger partial charge in [0.25, 0.3) is 0 Å². The van der Waals surface area contributed by atoms with Gasteiger partial charge in [-0.1, -0.05) is 29.8 Å². The standard InChI is InChI=1S/C15H19N3OS/c1-10-5-4-6-13(9-10)7-8-16-14(19)18-15-17-11(2)12(3)20-15/h4-6,9H,7-8H2,1-3H3,(H2,16,17,18,19). The largest absolute Gasteiger partial charge is 0.337 e. The van der Waals surface area contributed by atoms with Crippen LogP contribution in [-0.4, -0.2) is 17.6 Å². The zero-order valence-electron chi connectivity index (χ0n) is 12.0. The lowest BCUT2D eigenvalue weighted by Gasteiger charge is -2.06. The van der Waals surface area contributed by atoms with Crippen molar-refractivity contribution >= 4 is 22.5 Å². The lowest BCUT2D eigenvalue weighted by molar-refractivity contribution is 0.252. The summed E-state index contributed by atoms with van der Waals surface area (Å²) >= 11 is 1.49. The molecule has 0 atom stereocenters. The number of aryl methyl sites for hydroxylation is 3. The maximum atomic E-state index is 11.7. The number of carbonyl (C=O) groups excluding carboxylic acids is 1. The summed E-state index contributed by atoms with van der Waals surface area (Å²) in [6, 6.07) is 8.10. The van der Waals surface area contributed by atoms with Gasteiger partial charge in [-0.15, -0.1) is 11.3 Å². The number of carbonyl (C=O) groups is 1. The lowest BCUT2D eigenvalue weighted by atomic mass is 10.1. The number of hydrogen-bond donors (Lipinski definition) is 2. The lowest BCUT2D eigenvalue weighted by Crippen LogP contribution is -2.30. The van der Waals surface area contributed by atoms with Gasteiger partial charge in [0, 0.05) is 11.4 Å². The molecule has 2 aromatic rings. The van der Waals surface area contributed by atoms with Gasteiger partial charge in [0.2, 0.25) is 0 Å². The van der Waals surface area contributed by atoms with Gasteiger partial charge in [0.15, 0.2) is 5.13 Å². The fourth-order valence-electron chi connectivity index (χ4n) is 1.86. The van der Waals surface area contributed by atoms with E-state index in [0.29, 0.717) is 11.7 Å². The maximum Gasteiger partial charge on any atom is 0.321 e. The third-order valence-corrected chi connectivity index (χ3v) is 4.02. The third kappa shape index (κ3) is 4.06. The number of aromatic nitrogens is 1. The van der Waals surface area contributed by atoms with Crippen LogP contribution in [0.5, 0.6) is 0 Å².